The molecule has 0 aliphatic carbocycles. The van der Waals surface area contributed by atoms with Gasteiger partial charge in [-0.05, 0) is 37.8 Å². The fourth-order valence-corrected chi connectivity index (χ4v) is 2.90. The first-order valence-corrected chi connectivity index (χ1v) is 7.76. The number of aryl methyl sites for hydroxylation is 2. The van der Waals surface area contributed by atoms with Gasteiger partial charge in [-0.3, -0.25) is 0 Å². The quantitative estimate of drug-likeness (QED) is 0.765. The zero-order valence-corrected chi connectivity index (χ0v) is 13.4. The summed E-state index contributed by atoms with van der Waals surface area (Å²) >= 11 is 0. The van der Waals surface area contributed by atoms with Crippen molar-refractivity contribution >= 4 is 0 Å². The zero-order chi connectivity index (χ0) is 16.1. The number of hydrogen-bond acceptors (Lipinski definition) is 3. The molecule has 3 atom stereocenters. The molecule has 0 aromatic heterocycles. The van der Waals surface area contributed by atoms with Crippen LogP contribution in [0.2, 0.25) is 0 Å². The topological polar surface area (TPSA) is 72.3 Å². The molecule has 2 aromatic rings. The molecule has 0 saturated carbocycles. The van der Waals surface area contributed by atoms with Gasteiger partial charge in [-0.2, -0.15) is 0 Å². The Balaban J connectivity index is 1.97. The van der Waals surface area contributed by atoms with Crippen molar-refractivity contribution in [1.29, 1.82) is 0 Å². The Hall–Kier alpha value is -1.68. The second-order valence-corrected chi connectivity index (χ2v) is 6.21. The minimum Gasteiger partial charge on any atom is -0.390 e. The summed E-state index contributed by atoms with van der Waals surface area (Å²) in [7, 11) is 0. The molecule has 22 heavy (non-hydrogen) atoms. The van der Waals surface area contributed by atoms with Gasteiger partial charge >= 0.3 is 0 Å². The molecule has 0 bridgehead atoms. The minimum absolute atomic E-state index is 0.358. The van der Waals surface area contributed by atoms with Crippen LogP contribution in [0.25, 0.3) is 0 Å². The van der Waals surface area contributed by atoms with Crippen molar-refractivity contribution in [2.24, 2.45) is 11.5 Å². The first kappa shape index (κ1) is 16.7. The van der Waals surface area contributed by atoms with Crippen LogP contribution in [0, 0.1) is 13.8 Å². The number of benzene rings is 2. The molecule has 0 fully saturated rings. The standard InChI is InChI=1S/C19H26N2O/c1-13-8-14(2)10-16(9-13)12-18(21)19(22)17(20)11-15-6-4-3-5-7-15/h3-10,17-19,22H,11-12,20-21H2,1-2H3/t17-,18-,19-/m0/s1. The van der Waals surface area contributed by atoms with Crippen molar-refractivity contribution in [2.75, 3.05) is 0 Å². The number of hydrogen-bond donors (Lipinski definition) is 3. The predicted octanol–water partition coefficient (Wildman–Crippen LogP) is 2.10. The Bertz CT molecular complexity index is 577. The Morgan fingerprint density at radius 2 is 1.32 bits per heavy atom. The molecular weight excluding hydrogens is 272 g/mol. The normalized spacial score (nSPS) is 15.3. The lowest BCUT2D eigenvalue weighted by atomic mass is 9.93. The maximum Gasteiger partial charge on any atom is 0.0848 e. The third-order valence-electron chi connectivity index (χ3n) is 3.94. The first-order valence-electron chi connectivity index (χ1n) is 7.76. The van der Waals surface area contributed by atoms with E-state index in [2.05, 4.69) is 32.0 Å². The van der Waals surface area contributed by atoms with E-state index in [1.165, 1.54) is 11.1 Å². The maximum atomic E-state index is 10.4. The molecule has 0 amide bonds. The van der Waals surface area contributed by atoms with Gasteiger partial charge in [-0.15, -0.1) is 0 Å². The van der Waals surface area contributed by atoms with Crippen molar-refractivity contribution < 1.29 is 5.11 Å². The Kier molecular flexibility index (Phi) is 5.72. The van der Waals surface area contributed by atoms with Gasteiger partial charge < -0.3 is 16.6 Å². The Morgan fingerprint density at radius 3 is 1.86 bits per heavy atom. The first-order chi connectivity index (χ1) is 10.5. The van der Waals surface area contributed by atoms with Crippen LogP contribution in [-0.4, -0.2) is 23.3 Å². The largest absolute Gasteiger partial charge is 0.390 e. The lowest BCUT2D eigenvalue weighted by molar-refractivity contribution is 0.116. The smallest absolute Gasteiger partial charge is 0.0848 e. The molecule has 5 N–H and O–H groups in total. The predicted molar refractivity (Wildman–Crippen MR) is 91.7 cm³/mol. The fraction of sp³-hybridized carbons (Fsp3) is 0.368. The summed E-state index contributed by atoms with van der Waals surface area (Å²) in [6.07, 6.45) is 0.537. The van der Waals surface area contributed by atoms with Crippen molar-refractivity contribution in [3.8, 4) is 0 Å². The molecule has 0 aliphatic heterocycles. The van der Waals surface area contributed by atoms with E-state index in [0.29, 0.717) is 12.8 Å². The van der Waals surface area contributed by atoms with E-state index in [9.17, 15) is 5.11 Å². The van der Waals surface area contributed by atoms with E-state index in [0.717, 1.165) is 11.1 Å². The van der Waals surface area contributed by atoms with Crippen LogP contribution >= 0.6 is 0 Å². The molecule has 0 heterocycles. The van der Waals surface area contributed by atoms with Gasteiger partial charge in [0.1, 0.15) is 0 Å². The molecule has 0 radical (unpaired) electrons. The zero-order valence-electron chi connectivity index (χ0n) is 13.4. The number of aliphatic hydroxyl groups is 1. The monoisotopic (exact) mass is 298 g/mol. The fourth-order valence-electron chi connectivity index (χ4n) is 2.90. The van der Waals surface area contributed by atoms with Crippen LogP contribution in [-0.2, 0) is 12.8 Å². The second kappa shape index (κ2) is 7.54. The number of nitrogens with two attached hydrogens (primary N) is 2. The third kappa shape index (κ3) is 4.67. The average molecular weight is 298 g/mol. The van der Waals surface area contributed by atoms with Gasteiger partial charge in [0.25, 0.3) is 0 Å². The highest BCUT2D eigenvalue weighted by molar-refractivity contribution is 5.29. The van der Waals surface area contributed by atoms with E-state index in [-0.39, 0.29) is 12.1 Å². The molecule has 0 saturated heterocycles. The van der Waals surface area contributed by atoms with E-state index < -0.39 is 6.10 Å². The molecular formula is C19H26N2O. The summed E-state index contributed by atoms with van der Waals surface area (Å²) in [4.78, 5) is 0. The summed E-state index contributed by atoms with van der Waals surface area (Å²) in [5.74, 6) is 0. The lowest BCUT2D eigenvalue weighted by Crippen LogP contribution is -2.49. The molecule has 2 rings (SSSR count). The van der Waals surface area contributed by atoms with Crippen molar-refractivity contribution in [2.45, 2.75) is 44.9 Å². The van der Waals surface area contributed by atoms with Crippen molar-refractivity contribution in [3.63, 3.8) is 0 Å². The van der Waals surface area contributed by atoms with Gasteiger partial charge in [0.05, 0.1) is 6.10 Å². The van der Waals surface area contributed by atoms with Crippen LogP contribution in [0.1, 0.15) is 22.3 Å². The molecule has 0 spiro atoms. The second-order valence-electron chi connectivity index (χ2n) is 6.21. The molecule has 3 heteroatoms. The van der Waals surface area contributed by atoms with Crippen molar-refractivity contribution in [1.82, 2.24) is 0 Å². The summed E-state index contributed by atoms with van der Waals surface area (Å²) in [6.45, 7) is 4.14. The van der Waals surface area contributed by atoms with Gasteiger partial charge in [0, 0.05) is 12.1 Å². The molecule has 118 valence electrons. The van der Waals surface area contributed by atoms with Gasteiger partial charge in [0.2, 0.25) is 0 Å². The van der Waals surface area contributed by atoms with Crippen LogP contribution < -0.4 is 11.5 Å². The SMILES string of the molecule is Cc1cc(C)cc(C[C@H](N)[C@@H](O)[C@@H](N)Cc2ccccc2)c1. The Labute approximate surface area is 133 Å². The van der Waals surface area contributed by atoms with Crippen LogP contribution in [0.4, 0.5) is 0 Å². The lowest BCUT2D eigenvalue weighted by Gasteiger charge is -2.25. The molecule has 2 aromatic carbocycles. The van der Waals surface area contributed by atoms with E-state index in [1.54, 1.807) is 0 Å². The van der Waals surface area contributed by atoms with E-state index in [4.69, 9.17) is 11.5 Å². The van der Waals surface area contributed by atoms with Gasteiger partial charge in [-0.1, -0.05) is 59.7 Å². The molecule has 0 unspecified atom stereocenters. The molecule has 3 nitrogen and oxygen atoms in total. The molecule has 0 aliphatic rings. The third-order valence-corrected chi connectivity index (χ3v) is 3.94. The van der Waals surface area contributed by atoms with E-state index >= 15 is 0 Å². The summed E-state index contributed by atoms with van der Waals surface area (Å²) in [5, 5.41) is 10.4. The summed E-state index contributed by atoms with van der Waals surface area (Å²) < 4.78 is 0. The average Bonchev–Trinajstić information content (AvgIpc) is 2.46. The Morgan fingerprint density at radius 1 is 0.818 bits per heavy atom. The van der Waals surface area contributed by atoms with E-state index in [1.807, 2.05) is 30.3 Å². The highest BCUT2D eigenvalue weighted by Gasteiger charge is 2.22. The maximum absolute atomic E-state index is 10.4. The summed E-state index contributed by atoms with van der Waals surface area (Å²) in [6, 6.07) is 15.6. The number of aliphatic hydroxyl groups excluding tert-OH is 1. The van der Waals surface area contributed by atoms with Gasteiger partial charge in [-0.25, -0.2) is 0 Å². The van der Waals surface area contributed by atoms with Crippen LogP contribution in [0.5, 0.6) is 0 Å². The highest BCUT2D eigenvalue weighted by atomic mass is 16.3. The van der Waals surface area contributed by atoms with Crippen LogP contribution in [0.15, 0.2) is 48.5 Å². The van der Waals surface area contributed by atoms with Crippen molar-refractivity contribution in [3.05, 3.63) is 70.8 Å². The number of rotatable bonds is 6. The van der Waals surface area contributed by atoms with Gasteiger partial charge in [0.15, 0.2) is 0 Å². The summed E-state index contributed by atoms with van der Waals surface area (Å²) in [5.41, 5.74) is 17.0. The van der Waals surface area contributed by atoms with Crippen LogP contribution in [0.3, 0.4) is 0 Å². The highest BCUT2D eigenvalue weighted by Crippen LogP contribution is 2.13. The minimum atomic E-state index is -0.721.